The van der Waals surface area contributed by atoms with E-state index in [1.807, 2.05) is 25.1 Å². The standard InChI is InChI=1S/C18H18ClN5O/c1-2-15-10-17(20-8-7-13-4-3-9-24(25)12-13)23-18(22-15)14-5-6-16(19)21-11-14/h3-6,9-12H,2,7-8H2,1H3,(H,20,22,23). The molecule has 0 fully saturated rings. The van der Waals surface area contributed by atoms with Gasteiger partial charge in [-0.25, -0.2) is 15.0 Å². The molecule has 128 valence electrons. The van der Waals surface area contributed by atoms with E-state index in [1.165, 1.54) is 6.20 Å². The van der Waals surface area contributed by atoms with Crippen molar-refractivity contribution in [1.82, 2.24) is 15.0 Å². The normalized spacial score (nSPS) is 10.6. The number of nitrogens with zero attached hydrogens (tertiary/aromatic N) is 4. The van der Waals surface area contributed by atoms with Crippen LogP contribution in [0.1, 0.15) is 18.2 Å². The second-order valence-electron chi connectivity index (χ2n) is 5.54. The molecule has 0 bridgehead atoms. The molecule has 0 aliphatic carbocycles. The molecule has 0 unspecified atom stereocenters. The van der Waals surface area contributed by atoms with Gasteiger partial charge in [-0.3, -0.25) is 0 Å². The van der Waals surface area contributed by atoms with E-state index in [4.69, 9.17) is 11.6 Å². The summed E-state index contributed by atoms with van der Waals surface area (Å²) in [5, 5.41) is 15.0. The van der Waals surface area contributed by atoms with Gasteiger partial charge in [-0.05, 0) is 31.0 Å². The van der Waals surface area contributed by atoms with Crippen LogP contribution in [0.4, 0.5) is 5.82 Å². The molecule has 0 aliphatic heterocycles. The third kappa shape index (κ3) is 4.64. The van der Waals surface area contributed by atoms with E-state index in [-0.39, 0.29) is 0 Å². The molecule has 0 atom stereocenters. The number of hydrogen-bond acceptors (Lipinski definition) is 5. The summed E-state index contributed by atoms with van der Waals surface area (Å²) in [6, 6.07) is 9.18. The minimum Gasteiger partial charge on any atom is -0.619 e. The van der Waals surface area contributed by atoms with Gasteiger partial charge in [0, 0.05) is 41.7 Å². The maximum atomic E-state index is 11.3. The lowest BCUT2D eigenvalue weighted by Gasteiger charge is -2.09. The summed E-state index contributed by atoms with van der Waals surface area (Å²) in [5.74, 6) is 1.37. The Labute approximate surface area is 151 Å². The first-order chi connectivity index (χ1) is 12.1. The van der Waals surface area contributed by atoms with Crippen molar-refractivity contribution in [3.63, 3.8) is 0 Å². The lowest BCUT2D eigenvalue weighted by Crippen LogP contribution is -2.25. The van der Waals surface area contributed by atoms with Crippen LogP contribution in [0.3, 0.4) is 0 Å². The number of hydrogen-bond donors (Lipinski definition) is 1. The highest BCUT2D eigenvalue weighted by atomic mass is 35.5. The Morgan fingerprint density at radius 2 is 2.12 bits per heavy atom. The van der Waals surface area contributed by atoms with Gasteiger partial charge in [0.2, 0.25) is 0 Å². The summed E-state index contributed by atoms with van der Waals surface area (Å²) >= 11 is 5.84. The lowest BCUT2D eigenvalue weighted by atomic mass is 10.2. The molecule has 0 saturated carbocycles. The quantitative estimate of drug-likeness (QED) is 0.418. The van der Waals surface area contributed by atoms with Crippen molar-refractivity contribution in [3.05, 3.63) is 70.5 Å². The third-order valence-electron chi connectivity index (χ3n) is 3.68. The van der Waals surface area contributed by atoms with Gasteiger partial charge in [0.1, 0.15) is 11.0 Å². The summed E-state index contributed by atoms with van der Waals surface area (Å²) in [6.07, 6.45) is 6.25. The van der Waals surface area contributed by atoms with Crippen LogP contribution in [0.2, 0.25) is 5.15 Å². The van der Waals surface area contributed by atoms with Gasteiger partial charge in [0.05, 0.1) is 0 Å². The summed E-state index contributed by atoms with van der Waals surface area (Å²) < 4.78 is 0.806. The van der Waals surface area contributed by atoms with Crippen molar-refractivity contribution in [2.24, 2.45) is 0 Å². The van der Waals surface area contributed by atoms with Crippen molar-refractivity contribution in [1.29, 1.82) is 0 Å². The van der Waals surface area contributed by atoms with Crippen molar-refractivity contribution < 1.29 is 4.73 Å². The highest BCUT2D eigenvalue weighted by Crippen LogP contribution is 2.19. The highest BCUT2D eigenvalue weighted by molar-refractivity contribution is 6.29. The number of aromatic nitrogens is 4. The lowest BCUT2D eigenvalue weighted by molar-refractivity contribution is -0.605. The van der Waals surface area contributed by atoms with Crippen LogP contribution in [0.5, 0.6) is 0 Å². The molecule has 0 saturated heterocycles. The Balaban J connectivity index is 1.74. The Hall–Kier alpha value is -2.73. The summed E-state index contributed by atoms with van der Waals surface area (Å²) in [4.78, 5) is 13.2. The molecule has 0 aromatic carbocycles. The highest BCUT2D eigenvalue weighted by Gasteiger charge is 2.07. The van der Waals surface area contributed by atoms with E-state index < -0.39 is 0 Å². The van der Waals surface area contributed by atoms with Crippen molar-refractivity contribution in [2.75, 3.05) is 11.9 Å². The molecule has 3 rings (SSSR count). The number of pyridine rings is 2. The van der Waals surface area contributed by atoms with Crippen LogP contribution in [-0.4, -0.2) is 21.5 Å². The van der Waals surface area contributed by atoms with Gasteiger partial charge in [0.25, 0.3) is 0 Å². The van der Waals surface area contributed by atoms with Crippen molar-refractivity contribution in [2.45, 2.75) is 19.8 Å². The number of nitrogens with one attached hydrogen (secondary N) is 1. The molecule has 0 amide bonds. The first kappa shape index (κ1) is 17.1. The first-order valence-corrected chi connectivity index (χ1v) is 8.43. The second kappa shape index (κ2) is 7.90. The predicted molar refractivity (Wildman–Crippen MR) is 97.2 cm³/mol. The smallest absolute Gasteiger partial charge is 0.183 e. The van der Waals surface area contributed by atoms with Crippen LogP contribution in [0.25, 0.3) is 11.4 Å². The Kier molecular flexibility index (Phi) is 5.40. The van der Waals surface area contributed by atoms with Crippen LogP contribution in [-0.2, 0) is 12.8 Å². The third-order valence-corrected chi connectivity index (χ3v) is 3.91. The summed E-state index contributed by atoms with van der Waals surface area (Å²) in [6.45, 7) is 2.72. The van der Waals surface area contributed by atoms with Gasteiger partial charge in [-0.1, -0.05) is 18.5 Å². The summed E-state index contributed by atoms with van der Waals surface area (Å²) in [7, 11) is 0. The minimum absolute atomic E-state index is 0.437. The molecule has 25 heavy (non-hydrogen) atoms. The predicted octanol–water partition coefficient (Wildman–Crippen LogP) is 3.04. The van der Waals surface area contributed by atoms with Gasteiger partial charge in [0.15, 0.2) is 18.2 Å². The zero-order valence-electron chi connectivity index (χ0n) is 13.8. The number of halogens is 1. The SMILES string of the molecule is CCc1cc(NCCc2ccc[n+]([O-])c2)nc(-c2ccc(Cl)nc2)n1. The molecule has 0 radical (unpaired) electrons. The van der Waals surface area contributed by atoms with Gasteiger partial charge >= 0.3 is 0 Å². The molecule has 6 nitrogen and oxygen atoms in total. The van der Waals surface area contributed by atoms with Gasteiger partial charge in [-0.15, -0.1) is 0 Å². The van der Waals surface area contributed by atoms with Crippen LogP contribution in [0.15, 0.2) is 48.9 Å². The van der Waals surface area contributed by atoms with E-state index in [0.29, 0.717) is 17.5 Å². The zero-order chi connectivity index (χ0) is 17.6. The number of rotatable bonds is 6. The number of anilines is 1. The van der Waals surface area contributed by atoms with E-state index in [0.717, 1.165) is 40.2 Å². The monoisotopic (exact) mass is 355 g/mol. The molecule has 0 spiro atoms. The van der Waals surface area contributed by atoms with Gasteiger partial charge < -0.3 is 10.5 Å². The van der Waals surface area contributed by atoms with Gasteiger partial charge in [-0.2, -0.15) is 4.73 Å². The molecular formula is C18H18ClN5O. The van der Waals surface area contributed by atoms with E-state index >= 15 is 0 Å². The number of aryl methyl sites for hydroxylation is 1. The Morgan fingerprint density at radius 1 is 1.24 bits per heavy atom. The average Bonchev–Trinajstić information content (AvgIpc) is 2.62. The van der Waals surface area contributed by atoms with E-state index in [2.05, 4.69) is 20.3 Å². The molecule has 0 aliphatic rings. The minimum atomic E-state index is 0.437. The molecule has 1 N–H and O–H groups in total. The van der Waals surface area contributed by atoms with Crippen LogP contribution < -0.4 is 10.0 Å². The van der Waals surface area contributed by atoms with Crippen molar-refractivity contribution in [3.8, 4) is 11.4 Å². The molecule has 7 heteroatoms. The fraction of sp³-hybridized carbons (Fsp3) is 0.222. The zero-order valence-corrected chi connectivity index (χ0v) is 14.6. The Morgan fingerprint density at radius 3 is 2.84 bits per heavy atom. The van der Waals surface area contributed by atoms with E-state index in [1.54, 1.807) is 24.5 Å². The topological polar surface area (TPSA) is 77.6 Å². The maximum absolute atomic E-state index is 11.3. The van der Waals surface area contributed by atoms with Crippen LogP contribution in [0, 0.1) is 5.21 Å². The fourth-order valence-electron chi connectivity index (χ4n) is 2.39. The largest absolute Gasteiger partial charge is 0.619 e. The summed E-state index contributed by atoms with van der Waals surface area (Å²) in [5.41, 5.74) is 2.73. The first-order valence-electron chi connectivity index (χ1n) is 8.05. The van der Waals surface area contributed by atoms with Crippen molar-refractivity contribution >= 4 is 17.4 Å². The molecule has 3 aromatic rings. The maximum Gasteiger partial charge on any atom is 0.183 e. The fourth-order valence-corrected chi connectivity index (χ4v) is 2.50. The van der Waals surface area contributed by atoms with Crippen LogP contribution >= 0.6 is 11.6 Å². The molecule has 3 aromatic heterocycles. The second-order valence-corrected chi connectivity index (χ2v) is 5.93. The average molecular weight is 356 g/mol. The van der Waals surface area contributed by atoms with E-state index in [9.17, 15) is 5.21 Å². The molecular weight excluding hydrogens is 338 g/mol. The Bertz CT molecular complexity index is 854. The molecule has 3 heterocycles.